The molecule has 0 amide bonds. The number of anilines is 1. The van der Waals surface area contributed by atoms with Crippen molar-refractivity contribution in [3.05, 3.63) is 5.82 Å². The van der Waals surface area contributed by atoms with Gasteiger partial charge in [0.2, 0.25) is 0 Å². The Balaban J connectivity index is 2.79. The lowest BCUT2D eigenvalue weighted by molar-refractivity contribution is -0.121. The van der Waals surface area contributed by atoms with E-state index in [1.54, 1.807) is 0 Å². The summed E-state index contributed by atoms with van der Waals surface area (Å²) in [5, 5.41) is 4.10. The molecule has 0 radical (unpaired) electrons. The van der Waals surface area contributed by atoms with E-state index >= 15 is 0 Å². The maximum Gasteiger partial charge on any atom is 0.324 e. The van der Waals surface area contributed by atoms with Crippen molar-refractivity contribution in [3.63, 3.8) is 0 Å². The lowest BCUT2D eigenvalue weighted by Crippen LogP contribution is -2.29. The number of unbranched alkanes of at least 4 members (excludes halogenated alkanes) is 2. The van der Waals surface area contributed by atoms with Gasteiger partial charge in [-0.05, 0) is 26.2 Å². The van der Waals surface area contributed by atoms with Gasteiger partial charge >= 0.3 is 6.01 Å². The van der Waals surface area contributed by atoms with Crippen molar-refractivity contribution in [3.8, 4) is 0 Å². The van der Waals surface area contributed by atoms with Crippen molar-refractivity contribution in [2.45, 2.75) is 91.0 Å². The van der Waals surface area contributed by atoms with Crippen LogP contribution < -0.4 is 4.90 Å². The molecule has 0 aromatic carbocycles. The van der Waals surface area contributed by atoms with Crippen molar-refractivity contribution in [1.29, 1.82) is 0 Å². The summed E-state index contributed by atoms with van der Waals surface area (Å²) in [7, 11) is 1.98. The maximum atomic E-state index is 12.4. The maximum absolute atomic E-state index is 12.4. The third-order valence-corrected chi connectivity index (χ3v) is 4.42. The summed E-state index contributed by atoms with van der Waals surface area (Å²) in [4.78, 5) is 18.9. The number of ketones is 1. The molecule has 0 bridgehead atoms. The first-order valence-corrected chi connectivity index (χ1v) is 9.14. The lowest BCUT2D eigenvalue weighted by Gasteiger charge is -2.22. The number of rotatable bonds is 12. The van der Waals surface area contributed by atoms with E-state index in [1.807, 2.05) is 11.9 Å². The molecule has 0 N–H and O–H groups in total. The predicted molar refractivity (Wildman–Crippen MR) is 93.9 cm³/mol. The van der Waals surface area contributed by atoms with Gasteiger partial charge in [-0.1, -0.05) is 51.6 Å². The second-order valence-electron chi connectivity index (χ2n) is 6.45. The molecule has 1 aromatic heterocycles. The summed E-state index contributed by atoms with van der Waals surface area (Å²) < 4.78 is 5.42. The Labute approximate surface area is 140 Å². The van der Waals surface area contributed by atoms with E-state index in [0.717, 1.165) is 32.1 Å². The molecule has 1 rings (SSSR count). The fraction of sp³-hybridized carbons (Fsp3) is 0.833. The molecule has 1 aromatic rings. The molecule has 5 heteroatoms. The van der Waals surface area contributed by atoms with Crippen LogP contribution in [0.25, 0.3) is 0 Å². The van der Waals surface area contributed by atoms with E-state index < -0.39 is 0 Å². The molecule has 0 saturated carbocycles. The molecule has 0 saturated heterocycles. The van der Waals surface area contributed by atoms with Gasteiger partial charge in [0.15, 0.2) is 5.82 Å². The molecule has 2 atom stereocenters. The first kappa shape index (κ1) is 19.7. The normalized spacial score (nSPS) is 13.8. The van der Waals surface area contributed by atoms with Gasteiger partial charge < -0.3 is 9.42 Å². The lowest BCUT2D eigenvalue weighted by atomic mass is 9.94. The minimum atomic E-state index is -0.219. The molecule has 132 valence electrons. The number of hydrogen-bond acceptors (Lipinski definition) is 5. The molecular formula is C18H33N3O2. The second-order valence-corrected chi connectivity index (χ2v) is 6.45. The Morgan fingerprint density at radius 1 is 1.13 bits per heavy atom. The minimum Gasteiger partial charge on any atom is -0.325 e. The van der Waals surface area contributed by atoms with E-state index in [-0.39, 0.29) is 11.7 Å². The topological polar surface area (TPSA) is 59.2 Å². The largest absolute Gasteiger partial charge is 0.325 e. The van der Waals surface area contributed by atoms with Crippen LogP contribution in [0.5, 0.6) is 0 Å². The summed E-state index contributed by atoms with van der Waals surface area (Å²) in [5.41, 5.74) is 0. The average molecular weight is 323 g/mol. The van der Waals surface area contributed by atoms with Crippen LogP contribution in [-0.2, 0) is 4.79 Å². The highest BCUT2D eigenvalue weighted by molar-refractivity contribution is 5.84. The second kappa shape index (κ2) is 10.4. The van der Waals surface area contributed by atoms with Crippen LogP contribution in [0.1, 0.15) is 90.8 Å². The van der Waals surface area contributed by atoms with Crippen LogP contribution in [0, 0.1) is 0 Å². The van der Waals surface area contributed by atoms with Crippen molar-refractivity contribution in [2.75, 3.05) is 11.9 Å². The predicted octanol–water partition coefficient (Wildman–Crippen LogP) is 4.73. The third kappa shape index (κ3) is 5.96. The Kier molecular flexibility index (Phi) is 8.89. The van der Waals surface area contributed by atoms with Crippen LogP contribution in [0.2, 0.25) is 0 Å². The number of hydrogen-bond donors (Lipinski definition) is 0. The van der Waals surface area contributed by atoms with Crippen LogP contribution in [0.3, 0.4) is 0 Å². The van der Waals surface area contributed by atoms with Crippen molar-refractivity contribution < 1.29 is 9.32 Å². The van der Waals surface area contributed by atoms with E-state index in [0.29, 0.717) is 24.3 Å². The summed E-state index contributed by atoms with van der Waals surface area (Å²) in [6.07, 6.45) is 7.74. The molecule has 0 fully saturated rings. The van der Waals surface area contributed by atoms with E-state index in [1.165, 1.54) is 12.8 Å². The summed E-state index contributed by atoms with van der Waals surface area (Å²) in [6.45, 7) is 8.53. The quantitative estimate of drug-likeness (QED) is 0.556. The molecular weight excluding hydrogens is 290 g/mol. The average Bonchev–Trinajstić information content (AvgIpc) is 3.04. The number of Topliss-reactive ketones (excluding diaryl/α,β-unsaturated/α-hetero) is 1. The van der Waals surface area contributed by atoms with Crippen molar-refractivity contribution >= 4 is 11.8 Å². The number of nitrogens with zero attached hydrogens (tertiary/aromatic N) is 3. The fourth-order valence-corrected chi connectivity index (χ4v) is 2.64. The summed E-state index contributed by atoms with van der Waals surface area (Å²) >= 11 is 0. The zero-order valence-corrected chi connectivity index (χ0v) is 15.5. The van der Waals surface area contributed by atoms with Crippen molar-refractivity contribution in [1.82, 2.24) is 10.1 Å². The number of carbonyl (C=O) groups is 1. The molecule has 23 heavy (non-hydrogen) atoms. The molecule has 0 aliphatic carbocycles. The number of carbonyl (C=O) groups excluding carboxylic acids is 1. The molecule has 0 aliphatic rings. The van der Waals surface area contributed by atoms with Gasteiger partial charge in [0.25, 0.3) is 0 Å². The van der Waals surface area contributed by atoms with Gasteiger partial charge in [0.1, 0.15) is 5.78 Å². The van der Waals surface area contributed by atoms with E-state index in [9.17, 15) is 4.79 Å². The summed E-state index contributed by atoms with van der Waals surface area (Å²) in [5.74, 6) is 0.573. The zero-order chi connectivity index (χ0) is 17.2. The smallest absolute Gasteiger partial charge is 0.324 e. The van der Waals surface area contributed by atoms with E-state index in [2.05, 4.69) is 37.8 Å². The van der Waals surface area contributed by atoms with Gasteiger partial charge in [0, 0.05) is 19.5 Å². The van der Waals surface area contributed by atoms with Crippen LogP contribution in [0.15, 0.2) is 4.52 Å². The Morgan fingerprint density at radius 2 is 1.83 bits per heavy atom. The standard InChI is InChI=1S/C18H33N3O2/c1-6-9-12-14(4)21(5)18-19-17(20-23-18)15(11-8-3)16(22)13-10-7-2/h14-15H,6-13H2,1-5H3. The van der Waals surface area contributed by atoms with Gasteiger partial charge in [-0.15, -0.1) is 0 Å². The molecule has 1 heterocycles. The van der Waals surface area contributed by atoms with Gasteiger partial charge in [-0.3, -0.25) is 4.79 Å². The molecule has 5 nitrogen and oxygen atoms in total. The Bertz CT molecular complexity index is 459. The van der Waals surface area contributed by atoms with Gasteiger partial charge in [-0.2, -0.15) is 4.98 Å². The SMILES string of the molecule is CCCCC(=O)C(CCC)c1noc(N(C)C(C)CCCC)n1. The number of aromatic nitrogens is 2. The summed E-state index contributed by atoms with van der Waals surface area (Å²) in [6, 6.07) is 0.872. The van der Waals surface area contributed by atoms with Crippen LogP contribution in [0.4, 0.5) is 6.01 Å². The molecule has 2 unspecified atom stereocenters. The highest BCUT2D eigenvalue weighted by Gasteiger charge is 2.26. The highest BCUT2D eigenvalue weighted by Crippen LogP contribution is 2.25. The Morgan fingerprint density at radius 3 is 2.43 bits per heavy atom. The van der Waals surface area contributed by atoms with Gasteiger partial charge in [0.05, 0.1) is 5.92 Å². The Hall–Kier alpha value is -1.39. The van der Waals surface area contributed by atoms with E-state index in [4.69, 9.17) is 4.52 Å². The zero-order valence-electron chi connectivity index (χ0n) is 15.5. The first-order chi connectivity index (χ1) is 11.0. The monoisotopic (exact) mass is 323 g/mol. The van der Waals surface area contributed by atoms with Crippen LogP contribution >= 0.6 is 0 Å². The molecule has 0 spiro atoms. The van der Waals surface area contributed by atoms with Gasteiger partial charge in [-0.25, -0.2) is 0 Å². The molecule has 0 aliphatic heterocycles. The third-order valence-electron chi connectivity index (χ3n) is 4.42. The fourth-order valence-electron chi connectivity index (χ4n) is 2.64. The van der Waals surface area contributed by atoms with Crippen LogP contribution in [-0.4, -0.2) is 29.0 Å². The first-order valence-electron chi connectivity index (χ1n) is 9.14. The highest BCUT2D eigenvalue weighted by atomic mass is 16.5. The minimum absolute atomic E-state index is 0.219. The van der Waals surface area contributed by atoms with Crippen molar-refractivity contribution in [2.24, 2.45) is 0 Å².